The predicted molar refractivity (Wildman–Crippen MR) is 61.4 cm³/mol. The van der Waals surface area contributed by atoms with Crippen molar-refractivity contribution in [1.82, 2.24) is 14.9 Å². The second-order valence-corrected chi connectivity index (χ2v) is 2.70. The second kappa shape index (κ2) is 7.18. The van der Waals surface area contributed by atoms with E-state index >= 15 is 0 Å². The van der Waals surface area contributed by atoms with Crippen LogP contribution in [0.4, 0.5) is 5.82 Å². The fourth-order valence-electron chi connectivity index (χ4n) is 0.789. The topological polar surface area (TPSA) is 116 Å². The number of nitrogen functional groups attached to an aromatic ring is 1. The smallest absolute Gasteiger partial charge is 0.271 e. The zero-order valence-corrected chi connectivity index (χ0v) is 9.01. The summed E-state index contributed by atoms with van der Waals surface area (Å²) in [4.78, 5) is 24.2. The molecule has 88 valence electrons. The van der Waals surface area contributed by atoms with Crippen LogP contribution in [0.15, 0.2) is 19.0 Å². The van der Waals surface area contributed by atoms with Crippen LogP contribution in [0.5, 0.6) is 0 Å². The van der Waals surface area contributed by atoms with E-state index in [9.17, 15) is 9.59 Å². The van der Waals surface area contributed by atoms with Crippen LogP contribution in [-0.2, 0) is 4.79 Å². The Morgan fingerprint density at radius 2 is 2.38 bits per heavy atom. The minimum Gasteiger partial charge on any atom is -0.383 e. The lowest BCUT2D eigenvalue weighted by atomic mass is 10.4. The molecule has 0 spiro atoms. The van der Waals surface area contributed by atoms with E-state index in [-0.39, 0.29) is 11.5 Å². The van der Waals surface area contributed by atoms with Gasteiger partial charge in [-0.2, -0.15) is 0 Å². The van der Waals surface area contributed by atoms with Crippen LogP contribution < -0.4 is 16.8 Å². The Bertz CT molecular complexity index is 372. The highest BCUT2D eigenvalue weighted by Gasteiger charge is 2.11. The van der Waals surface area contributed by atoms with E-state index in [0.29, 0.717) is 6.41 Å². The van der Waals surface area contributed by atoms with Gasteiger partial charge in [0.05, 0.1) is 0 Å². The van der Waals surface area contributed by atoms with Crippen molar-refractivity contribution in [2.24, 2.45) is 5.73 Å². The van der Waals surface area contributed by atoms with Crippen molar-refractivity contribution >= 4 is 18.1 Å². The van der Waals surface area contributed by atoms with Gasteiger partial charge >= 0.3 is 0 Å². The number of hydrogen-bond acceptors (Lipinski definition) is 5. The van der Waals surface area contributed by atoms with E-state index in [2.05, 4.69) is 16.9 Å². The van der Waals surface area contributed by atoms with Crippen molar-refractivity contribution in [2.75, 3.05) is 19.3 Å². The Morgan fingerprint density at radius 3 is 2.56 bits per heavy atom. The van der Waals surface area contributed by atoms with Gasteiger partial charge in [-0.1, -0.05) is 6.08 Å². The Labute approximate surface area is 93.1 Å². The third kappa shape index (κ3) is 3.93. The molecule has 0 saturated carbocycles. The third-order valence-corrected chi connectivity index (χ3v) is 1.53. The van der Waals surface area contributed by atoms with Crippen LogP contribution in [0.25, 0.3) is 0 Å². The lowest BCUT2D eigenvalue weighted by Gasteiger charge is -1.92. The van der Waals surface area contributed by atoms with Crippen LogP contribution in [-0.4, -0.2) is 35.5 Å². The highest BCUT2D eigenvalue weighted by molar-refractivity contribution is 5.96. The Balaban J connectivity index is 0.000000385. The second-order valence-electron chi connectivity index (χ2n) is 2.70. The summed E-state index contributed by atoms with van der Waals surface area (Å²) in [6.45, 7) is 4.39. The number of rotatable bonds is 4. The standard InChI is InChI=1S/C5H6N4O2.C4H9N/c6-4-3(5(7)11)8-1-9(4)2-10;1-3-4-5-2/h1-2H,6H2,(H2,7,11);3,5H,1,4H2,2H3. The number of hydrogen-bond donors (Lipinski definition) is 3. The normalized spacial score (nSPS) is 8.81. The molecule has 0 aliphatic carbocycles. The molecule has 5 N–H and O–H groups in total. The molecular formula is C9H15N5O2. The minimum atomic E-state index is -0.747. The number of anilines is 1. The van der Waals surface area contributed by atoms with Crippen LogP contribution in [0.1, 0.15) is 10.5 Å². The van der Waals surface area contributed by atoms with Gasteiger partial charge in [-0.15, -0.1) is 6.58 Å². The maximum Gasteiger partial charge on any atom is 0.271 e. The van der Waals surface area contributed by atoms with Crippen LogP contribution >= 0.6 is 0 Å². The minimum absolute atomic E-state index is 0.0347. The Kier molecular flexibility index (Phi) is 6.22. The molecule has 0 atom stereocenters. The number of nitrogens with zero attached hydrogens (tertiary/aromatic N) is 2. The molecule has 1 aromatic heterocycles. The summed E-state index contributed by atoms with van der Waals surface area (Å²) in [6, 6.07) is 0. The zero-order chi connectivity index (χ0) is 12.6. The van der Waals surface area contributed by atoms with Crippen molar-refractivity contribution in [1.29, 1.82) is 0 Å². The van der Waals surface area contributed by atoms with E-state index in [4.69, 9.17) is 11.5 Å². The monoisotopic (exact) mass is 225 g/mol. The predicted octanol–water partition coefficient (Wildman–Crippen LogP) is -1.01. The van der Waals surface area contributed by atoms with E-state index in [0.717, 1.165) is 17.4 Å². The molecule has 0 bridgehead atoms. The molecule has 1 heterocycles. The van der Waals surface area contributed by atoms with Gasteiger partial charge in [0.2, 0.25) is 6.41 Å². The largest absolute Gasteiger partial charge is 0.383 e. The molecule has 0 aliphatic rings. The van der Waals surface area contributed by atoms with Crippen molar-refractivity contribution in [2.45, 2.75) is 0 Å². The van der Waals surface area contributed by atoms with E-state index in [1.165, 1.54) is 0 Å². The molecular weight excluding hydrogens is 210 g/mol. The lowest BCUT2D eigenvalue weighted by molar-refractivity contribution is 0.0997. The number of carbonyl (C=O) groups excluding carboxylic acids is 2. The van der Waals surface area contributed by atoms with Gasteiger partial charge in [-0.25, -0.2) is 4.98 Å². The number of carbonyl (C=O) groups is 2. The molecule has 0 saturated heterocycles. The van der Waals surface area contributed by atoms with Crippen LogP contribution in [0.2, 0.25) is 0 Å². The summed E-state index contributed by atoms with van der Waals surface area (Å²) < 4.78 is 0.972. The summed E-state index contributed by atoms with van der Waals surface area (Å²) in [5.41, 5.74) is 10.1. The highest BCUT2D eigenvalue weighted by atomic mass is 16.1. The van der Waals surface area contributed by atoms with Gasteiger partial charge in [0.25, 0.3) is 5.91 Å². The maximum absolute atomic E-state index is 10.5. The van der Waals surface area contributed by atoms with Gasteiger partial charge in [-0.05, 0) is 7.05 Å². The number of aromatic nitrogens is 2. The fourth-order valence-corrected chi connectivity index (χ4v) is 0.789. The number of amides is 1. The first-order valence-electron chi connectivity index (χ1n) is 4.41. The van der Waals surface area contributed by atoms with Crippen molar-refractivity contribution < 1.29 is 9.59 Å². The van der Waals surface area contributed by atoms with Crippen molar-refractivity contribution in [3.63, 3.8) is 0 Å². The van der Waals surface area contributed by atoms with Gasteiger partial charge in [0.1, 0.15) is 12.1 Å². The fraction of sp³-hybridized carbons (Fsp3) is 0.222. The summed E-state index contributed by atoms with van der Waals surface area (Å²) in [5.74, 6) is -0.782. The SMILES string of the molecule is C=CCNC.NC(=O)c1ncn(C=O)c1N. The molecule has 7 heteroatoms. The summed E-state index contributed by atoms with van der Waals surface area (Å²) in [6.07, 6.45) is 3.39. The third-order valence-electron chi connectivity index (χ3n) is 1.53. The molecule has 0 radical (unpaired) electrons. The van der Waals surface area contributed by atoms with E-state index < -0.39 is 5.91 Å². The Hall–Kier alpha value is -2.15. The first kappa shape index (κ1) is 13.8. The summed E-state index contributed by atoms with van der Waals surface area (Å²) >= 11 is 0. The quantitative estimate of drug-likeness (QED) is 0.448. The van der Waals surface area contributed by atoms with Gasteiger partial charge < -0.3 is 16.8 Å². The average molecular weight is 225 g/mol. The zero-order valence-electron chi connectivity index (χ0n) is 9.01. The molecule has 1 rings (SSSR count). The van der Waals surface area contributed by atoms with Crippen molar-refractivity contribution in [3.05, 3.63) is 24.7 Å². The molecule has 7 nitrogen and oxygen atoms in total. The lowest BCUT2D eigenvalue weighted by Crippen LogP contribution is -2.14. The first-order valence-corrected chi connectivity index (χ1v) is 4.41. The van der Waals surface area contributed by atoms with Crippen LogP contribution in [0, 0.1) is 0 Å². The number of primary amides is 1. The van der Waals surface area contributed by atoms with Crippen LogP contribution in [0.3, 0.4) is 0 Å². The van der Waals surface area contributed by atoms with E-state index in [1.807, 2.05) is 13.1 Å². The molecule has 0 unspecified atom stereocenters. The number of nitrogens with one attached hydrogen (secondary N) is 1. The molecule has 1 amide bonds. The first-order chi connectivity index (χ1) is 7.58. The van der Waals surface area contributed by atoms with Gasteiger partial charge in [0, 0.05) is 6.54 Å². The average Bonchev–Trinajstić information content (AvgIpc) is 2.61. The van der Waals surface area contributed by atoms with E-state index in [1.54, 1.807) is 0 Å². The van der Waals surface area contributed by atoms with Gasteiger partial charge in [0.15, 0.2) is 5.69 Å². The van der Waals surface area contributed by atoms with Crippen molar-refractivity contribution in [3.8, 4) is 0 Å². The molecule has 16 heavy (non-hydrogen) atoms. The molecule has 0 aliphatic heterocycles. The highest BCUT2D eigenvalue weighted by Crippen LogP contribution is 2.05. The molecule has 0 aromatic carbocycles. The van der Waals surface area contributed by atoms with Gasteiger partial charge in [-0.3, -0.25) is 14.2 Å². The molecule has 0 fully saturated rings. The number of nitrogens with two attached hydrogens (primary N) is 2. The Morgan fingerprint density at radius 1 is 1.75 bits per heavy atom. The summed E-state index contributed by atoms with van der Waals surface area (Å²) in [7, 11) is 1.89. The number of likely N-dealkylation sites (N-methyl/N-ethyl adjacent to an activating group) is 1. The maximum atomic E-state index is 10.5. The number of imidazole rings is 1. The molecule has 1 aromatic rings. The summed E-state index contributed by atoms with van der Waals surface area (Å²) in [5, 5.41) is 2.90.